The largest absolute Gasteiger partial charge is 0.384 e. The molecule has 0 atom stereocenters. The van der Waals surface area contributed by atoms with E-state index in [0.717, 1.165) is 25.1 Å². The lowest BCUT2D eigenvalue weighted by molar-refractivity contribution is 1.07. The summed E-state index contributed by atoms with van der Waals surface area (Å²) in [6.07, 6.45) is 2.17. The number of nitrogens with one attached hydrogen (secondary N) is 1. The van der Waals surface area contributed by atoms with Gasteiger partial charge in [-0.3, -0.25) is 0 Å². The number of para-hydroxylation sites is 1. The standard InChI is InChI=1S/C12H19NS/c1-3-10-6-5-7-11(4-2)12(10)13-8-9-14/h5-7,13-14H,3-4,8-9H2,1-2H3. The topological polar surface area (TPSA) is 12.0 Å². The van der Waals surface area contributed by atoms with Crippen molar-refractivity contribution < 1.29 is 0 Å². The van der Waals surface area contributed by atoms with Crippen molar-refractivity contribution >= 4 is 18.3 Å². The van der Waals surface area contributed by atoms with Crippen LogP contribution in [-0.4, -0.2) is 12.3 Å². The van der Waals surface area contributed by atoms with Crippen LogP contribution >= 0.6 is 12.6 Å². The molecule has 1 nitrogen and oxygen atoms in total. The van der Waals surface area contributed by atoms with Crippen LogP contribution in [0.3, 0.4) is 0 Å². The van der Waals surface area contributed by atoms with Gasteiger partial charge in [0.15, 0.2) is 0 Å². The number of aryl methyl sites for hydroxylation is 2. The SMILES string of the molecule is CCc1cccc(CC)c1NCCS. The zero-order valence-electron chi connectivity index (χ0n) is 9.01. The zero-order valence-corrected chi connectivity index (χ0v) is 9.90. The summed E-state index contributed by atoms with van der Waals surface area (Å²) in [4.78, 5) is 0. The minimum atomic E-state index is 0.876. The summed E-state index contributed by atoms with van der Waals surface area (Å²) in [6, 6.07) is 6.53. The molecule has 0 bridgehead atoms. The second kappa shape index (κ2) is 5.97. The molecule has 0 amide bonds. The Labute approximate surface area is 92.3 Å². The molecule has 0 spiro atoms. The summed E-state index contributed by atoms with van der Waals surface area (Å²) in [5.74, 6) is 0.876. The minimum Gasteiger partial charge on any atom is -0.384 e. The third kappa shape index (κ3) is 2.68. The van der Waals surface area contributed by atoms with Crippen LogP contribution < -0.4 is 5.32 Å². The molecule has 0 unspecified atom stereocenters. The van der Waals surface area contributed by atoms with Crippen LogP contribution in [0.2, 0.25) is 0 Å². The van der Waals surface area contributed by atoms with E-state index in [1.807, 2.05) is 0 Å². The Hall–Kier alpha value is -0.630. The summed E-state index contributed by atoms with van der Waals surface area (Å²) >= 11 is 4.22. The maximum absolute atomic E-state index is 4.22. The van der Waals surface area contributed by atoms with Crippen molar-refractivity contribution in [3.05, 3.63) is 29.3 Å². The van der Waals surface area contributed by atoms with Crippen LogP contribution in [0.5, 0.6) is 0 Å². The molecule has 78 valence electrons. The highest BCUT2D eigenvalue weighted by atomic mass is 32.1. The summed E-state index contributed by atoms with van der Waals surface area (Å²) in [7, 11) is 0. The molecule has 14 heavy (non-hydrogen) atoms. The molecule has 0 radical (unpaired) electrons. The Morgan fingerprint density at radius 1 is 1.14 bits per heavy atom. The van der Waals surface area contributed by atoms with Gasteiger partial charge in [-0.1, -0.05) is 32.0 Å². The molecule has 0 aromatic heterocycles. The number of rotatable bonds is 5. The van der Waals surface area contributed by atoms with E-state index in [-0.39, 0.29) is 0 Å². The molecule has 0 saturated heterocycles. The fourth-order valence-electron chi connectivity index (χ4n) is 1.65. The van der Waals surface area contributed by atoms with Gasteiger partial charge in [-0.2, -0.15) is 12.6 Å². The van der Waals surface area contributed by atoms with Crippen molar-refractivity contribution in [3.8, 4) is 0 Å². The van der Waals surface area contributed by atoms with E-state index < -0.39 is 0 Å². The van der Waals surface area contributed by atoms with Crippen LogP contribution in [-0.2, 0) is 12.8 Å². The molecular weight excluding hydrogens is 190 g/mol. The Morgan fingerprint density at radius 2 is 1.71 bits per heavy atom. The first-order valence-electron chi connectivity index (χ1n) is 5.29. The highest BCUT2D eigenvalue weighted by Gasteiger charge is 2.04. The van der Waals surface area contributed by atoms with Gasteiger partial charge in [0.05, 0.1) is 0 Å². The van der Waals surface area contributed by atoms with Gasteiger partial charge >= 0.3 is 0 Å². The Balaban J connectivity index is 2.93. The first kappa shape index (κ1) is 11.4. The van der Waals surface area contributed by atoms with Crippen LogP contribution in [0, 0.1) is 0 Å². The predicted octanol–water partition coefficient (Wildman–Crippen LogP) is 3.15. The number of anilines is 1. The summed E-state index contributed by atoms with van der Waals surface area (Å²) in [5.41, 5.74) is 4.14. The van der Waals surface area contributed by atoms with E-state index in [1.54, 1.807) is 0 Å². The maximum atomic E-state index is 4.22. The molecule has 0 aliphatic rings. The molecule has 1 aromatic carbocycles. The number of hydrogen-bond acceptors (Lipinski definition) is 2. The molecule has 0 aliphatic carbocycles. The van der Waals surface area contributed by atoms with Crippen molar-refractivity contribution in [3.63, 3.8) is 0 Å². The van der Waals surface area contributed by atoms with E-state index >= 15 is 0 Å². The lowest BCUT2D eigenvalue weighted by atomic mass is 10.0. The first-order valence-corrected chi connectivity index (χ1v) is 5.92. The molecule has 0 heterocycles. The van der Waals surface area contributed by atoms with E-state index in [1.165, 1.54) is 16.8 Å². The molecule has 0 aliphatic heterocycles. The normalized spacial score (nSPS) is 10.2. The van der Waals surface area contributed by atoms with Crippen molar-refractivity contribution in [2.24, 2.45) is 0 Å². The lowest BCUT2D eigenvalue weighted by Crippen LogP contribution is -2.07. The van der Waals surface area contributed by atoms with Crippen LogP contribution in [0.1, 0.15) is 25.0 Å². The van der Waals surface area contributed by atoms with Gasteiger partial charge in [0.2, 0.25) is 0 Å². The van der Waals surface area contributed by atoms with Gasteiger partial charge in [-0.05, 0) is 24.0 Å². The van der Waals surface area contributed by atoms with Gasteiger partial charge in [-0.15, -0.1) is 0 Å². The summed E-state index contributed by atoms with van der Waals surface area (Å²) in [5, 5.41) is 3.46. The highest BCUT2D eigenvalue weighted by Crippen LogP contribution is 2.22. The van der Waals surface area contributed by atoms with Gasteiger partial charge < -0.3 is 5.32 Å². The average Bonchev–Trinajstić information content (AvgIpc) is 2.25. The van der Waals surface area contributed by atoms with Gasteiger partial charge in [0.25, 0.3) is 0 Å². The van der Waals surface area contributed by atoms with Crippen LogP contribution in [0.25, 0.3) is 0 Å². The number of hydrogen-bond donors (Lipinski definition) is 2. The van der Waals surface area contributed by atoms with Crippen molar-refractivity contribution in [2.45, 2.75) is 26.7 Å². The van der Waals surface area contributed by atoms with Gasteiger partial charge in [0, 0.05) is 18.0 Å². The van der Waals surface area contributed by atoms with Crippen LogP contribution in [0.4, 0.5) is 5.69 Å². The number of benzene rings is 1. The summed E-state index contributed by atoms with van der Waals surface area (Å²) in [6.45, 7) is 5.33. The fraction of sp³-hybridized carbons (Fsp3) is 0.500. The summed E-state index contributed by atoms with van der Waals surface area (Å²) < 4.78 is 0. The van der Waals surface area contributed by atoms with Crippen molar-refractivity contribution in [1.29, 1.82) is 0 Å². The van der Waals surface area contributed by atoms with E-state index in [0.29, 0.717) is 0 Å². The fourth-order valence-corrected chi connectivity index (χ4v) is 1.76. The zero-order chi connectivity index (χ0) is 10.4. The van der Waals surface area contributed by atoms with Crippen molar-refractivity contribution in [1.82, 2.24) is 0 Å². The lowest BCUT2D eigenvalue weighted by Gasteiger charge is -2.14. The Bertz CT molecular complexity index is 261. The van der Waals surface area contributed by atoms with Gasteiger partial charge in [-0.25, -0.2) is 0 Å². The predicted molar refractivity (Wildman–Crippen MR) is 67.5 cm³/mol. The monoisotopic (exact) mass is 209 g/mol. The highest BCUT2D eigenvalue weighted by molar-refractivity contribution is 7.80. The minimum absolute atomic E-state index is 0.876. The third-order valence-corrected chi connectivity index (χ3v) is 2.64. The Kier molecular flexibility index (Phi) is 4.88. The second-order valence-corrected chi connectivity index (χ2v) is 3.76. The van der Waals surface area contributed by atoms with Gasteiger partial charge in [0.1, 0.15) is 0 Å². The number of thiol groups is 1. The quantitative estimate of drug-likeness (QED) is 0.710. The van der Waals surface area contributed by atoms with E-state index in [9.17, 15) is 0 Å². The Morgan fingerprint density at radius 3 is 2.14 bits per heavy atom. The molecule has 1 rings (SSSR count). The molecular formula is C12H19NS. The van der Waals surface area contributed by atoms with E-state index in [2.05, 4.69) is 50.0 Å². The molecule has 2 heteroatoms. The maximum Gasteiger partial charge on any atom is 0.0405 e. The smallest absolute Gasteiger partial charge is 0.0405 e. The first-order chi connectivity index (χ1) is 6.83. The molecule has 1 aromatic rings. The molecule has 0 fully saturated rings. The second-order valence-electron chi connectivity index (χ2n) is 3.31. The average molecular weight is 209 g/mol. The molecule has 1 N–H and O–H groups in total. The van der Waals surface area contributed by atoms with E-state index in [4.69, 9.17) is 0 Å². The van der Waals surface area contributed by atoms with Crippen molar-refractivity contribution in [2.75, 3.05) is 17.6 Å². The third-order valence-electron chi connectivity index (χ3n) is 2.41. The molecule has 0 saturated carbocycles. The van der Waals surface area contributed by atoms with Crippen LogP contribution in [0.15, 0.2) is 18.2 Å².